The molecule has 192 valence electrons. The molecule has 2 fully saturated rings. The number of ether oxygens (including phenoxy) is 3. The summed E-state index contributed by atoms with van der Waals surface area (Å²) in [6.07, 6.45) is 3.86. The Labute approximate surface area is 222 Å². The average Bonchev–Trinajstić information content (AvgIpc) is 3.52. The molecule has 3 aromatic rings. The van der Waals surface area contributed by atoms with Crippen molar-refractivity contribution < 1.29 is 14.2 Å². The predicted octanol–water partition coefficient (Wildman–Crippen LogP) is 5.05. The minimum atomic E-state index is -0.106. The van der Waals surface area contributed by atoms with Gasteiger partial charge in [-0.25, -0.2) is 4.98 Å². The Morgan fingerprint density at radius 1 is 1.08 bits per heavy atom. The average molecular weight is 531 g/mol. The Bertz CT molecular complexity index is 1170. The van der Waals surface area contributed by atoms with E-state index in [0.29, 0.717) is 23.2 Å². The summed E-state index contributed by atoms with van der Waals surface area (Å²) in [5.74, 6) is 1.06. The zero-order valence-corrected chi connectivity index (χ0v) is 22.2. The topological polar surface area (TPSA) is 61.6 Å². The molecule has 0 spiro atoms. The number of nitrogens with zero attached hydrogens (tertiary/aromatic N) is 4. The van der Waals surface area contributed by atoms with Crippen LogP contribution in [0.3, 0.4) is 0 Å². The van der Waals surface area contributed by atoms with Crippen LogP contribution in [0.4, 0.5) is 0 Å². The van der Waals surface area contributed by atoms with E-state index in [1.54, 1.807) is 17.1 Å². The van der Waals surface area contributed by atoms with Crippen LogP contribution >= 0.6 is 23.2 Å². The van der Waals surface area contributed by atoms with Crippen LogP contribution in [0.5, 0.6) is 5.75 Å². The molecule has 2 aliphatic heterocycles. The Morgan fingerprint density at radius 3 is 2.64 bits per heavy atom. The van der Waals surface area contributed by atoms with Gasteiger partial charge in [0.05, 0.1) is 32.0 Å². The van der Waals surface area contributed by atoms with Crippen molar-refractivity contribution >= 4 is 23.2 Å². The first-order valence-electron chi connectivity index (χ1n) is 12.4. The maximum atomic E-state index is 6.61. The largest absolute Gasteiger partial charge is 0.490 e. The fourth-order valence-electron chi connectivity index (χ4n) is 5.15. The lowest BCUT2D eigenvalue weighted by atomic mass is 9.91. The third kappa shape index (κ3) is 5.87. The van der Waals surface area contributed by atoms with Gasteiger partial charge in [-0.15, -0.1) is 0 Å². The molecule has 0 radical (unpaired) electrons. The van der Waals surface area contributed by atoms with E-state index in [9.17, 15) is 0 Å². The molecule has 2 aliphatic rings. The van der Waals surface area contributed by atoms with Crippen LogP contribution in [0.15, 0.2) is 43.0 Å². The lowest BCUT2D eigenvalue weighted by Gasteiger charge is -2.28. The molecule has 0 saturated carbocycles. The van der Waals surface area contributed by atoms with Crippen LogP contribution in [0.1, 0.15) is 34.6 Å². The molecule has 1 aromatic heterocycles. The normalized spacial score (nSPS) is 22.7. The van der Waals surface area contributed by atoms with Gasteiger partial charge in [0.25, 0.3) is 0 Å². The number of rotatable bonds is 8. The molecular weight excluding hydrogens is 499 g/mol. The van der Waals surface area contributed by atoms with E-state index in [2.05, 4.69) is 41.0 Å². The Morgan fingerprint density at radius 2 is 1.89 bits per heavy atom. The number of aromatic nitrogens is 3. The zero-order valence-electron chi connectivity index (χ0n) is 20.7. The molecule has 0 bridgehead atoms. The van der Waals surface area contributed by atoms with Gasteiger partial charge in [-0.05, 0) is 49.1 Å². The van der Waals surface area contributed by atoms with Gasteiger partial charge in [-0.3, -0.25) is 9.58 Å². The molecule has 3 atom stereocenters. The molecule has 36 heavy (non-hydrogen) atoms. The van der Waals surface area contributed by atoms with Gasteiger partial charge in [0, 0.05) is 41.2 Å². The zero-order chi connectivity index (χ0) is 25.1. The maximum Gasteiger partial charge on any atom is 0.137 e. The SMILES string of the molecule is Cc1ccc(C)c(OCC2CC(c3ccc(Cl)cc3Cl)C(Cn3cncn3)O2)c1CN1CCOCC1. The van der Waals surface area contributed by atoms with Crippen molar-refractivity contribution in [3.63, 3.8) is 0 Å². The molecule has 5 rings (SSSR count). The van der Waals surface area contributed by atoms with Crippen molar-refractivity contribution in [2.75, 3.05) is 32.9 Å². The second-order valence-electron chi connectivity index (χ2n) is 9.63. The van der Waals surface area contributed by atoms with E-state index in [0.717, 1.165) is 56.1 Å². The summed E-state index contributed by atoms with van der Waals surface area (Å²) >= 11 is 12.8. The van der Waals surface area contributed by atoms with Crippen LogP contribution in [-0.2, 0) is 22.6 Å². The Kier molecular flexibility index (Phi) is 8.13. The van der Waals surface area contributed by atoms with Crippen LogP contribution < -0.4 is 4.74 Å². The summed E-state index contributed by atoms with van der Waals surface area (Å²) < 4.78 is 20.4. The second-order valence-corrected chi connectivity index (χ2v) is 10.5. The first-order valence-corrected chi connectivity index (χ1v) is 13.2. The molecule has 9 heteroatoms. The highest BCUT2D eigenvalue weighted by molar-refractivity contribution is 6.35. The van der Waals surface area contributed by atoms with Gasteiger partial charge in [-0.1, -0.05) is 41.4 Å². The minimum absolute atomic E-state index is 0.0774. The van der Waals surface area contributed by atoms with Crippen molar-refractivity contribution in [2.45, 2.75) is 51.5 Å². The summed E-state index contributed by atoms with van der Waals surface area (Å²) in [5.41, 5.74) is 4.66. The molecule has 7 nitrogen and oxygen atoms in total. The highest BCUT2D eigenvalue weighted by atomic mass is 35.5. The van der Waals surface area contributed by atoms with Crippen molar-refractivity contribution in [1.29, 1.82) is 0 Å². The molecule has 2 saturated heterocycles. The van der Waals surface area contributed by atoms with Gasteiger partial charge >= 0.3 is 0 Å². The summed E-state index contributed by atoms with van der Waals surface area (Å²) in [7, 11) is 0. The van der Waals surface area contributed by atoms with Gasteiger partial charge in [0.1, 0.15) is 25.0 Å². The fraction of sp³-hybridized carbons (Fsp3) is 0.481. The maximum absolute atomic E-state index is 6.61. The standard InChI is InChI=1S/C27H32Cl2N4O3/c1-18-3-4-19(2)27(24(18)13-32-7-9-34-10-8-32)35-15-21-12-23(22-6-5-20(28)11-25(22)29)26(36-21)14-33-17-30-16-31-33/h3-6,11,16-17,21,23,26H,7-10,12-15H2,1-2H3. The van der Waals surface area contributed by atoms with Crippen LogP contribution in [0.25, 0.3) is 0 Å². The molecule has 0 amide bonds. The van der Waals surface area contributed by atoms with Gasteiger partial charge in [0.15, 0.2) is 0 Å². The highest BCUT2D eigenvalue weighted by Crippen LogP contribution is 2.40. The van der Waals surface area contributed by atoms with Gasteiger partial charge in [-0.2, -0.15) is 5.10 Å². The minimum Gasteiger partial charge on any atom is -0.490 e. The smallest absolute Gasteiger partial charge is 0.137 e. The highest BCUT2D eigenvalue weighted by Gasteiger charge is 2.38. The summed E-state index contributed by atoms with van der Waals surface area (Å²) in [6, 6.07) is 9.99. The van der Waals surface area contributed by atoms with E-state index >= 15 is 0 Å². The lowest BCUT2D eigenvalue weighted by molar-refractivity contribution is 0.00554. The number of hydrogen-bond donors (Lipinski definition) is 0. The summed E-state index contributed by atoms with van der Waals surface area (Å²) in [4.78, 5) is 6.51. The van der Waals surface area contributed by atoms with Crippen LogP contribution in [0, 0.1) is 13.8 Å². The number of aryl methyl sites for hydroxylation is 2. The summed E-state index contributed by atoms with van der Waals surface area (Å²) in [5, 5.41) is 5.56. The fourth-order valence-corrected chi connectivity index (χ4v) is 5.70. The number of benzene rings is 2. The van der Waals surface area contributed by atoms with Crippen molar-refractivity contribution in [3.05, 3.63) is 75.3 Å². The van der Waals surface area contributed by atoms with Crippen LogP contribution in [0.2, 0.25) is 10.0 Å². The van der Waals surface area contributed by atoms with Crippen molar-refractivity contribution in [3.8, 4) is 5.75 Å². The van der Waals surface area contributed by atoms with E-state index < -0.39 is 0 Å². The molecule has 3 unspecified atom stereocenters. The number of morpholine rings is 1. The number of halogens is 2. The predicted molar refractivity (Wildman–Crippen MR) is 140 cm³/mol. The second kappa shape index (κ2) is 11.5. The molecule has 0 aliphatic carbocycles. The Hall–Kier alpha value is -2.16. The van der Waals surface area contributed by atoms with E-state index in [4.69, 9.17) is 37.4 Å². The lowest BCUT2D eigenvalue weighted by Crippen LogP contribution is -2.36. The Balaban J connectivity index is 1.33. The monoisotopic (exact) mass is 530 g/mol. The molecule has 0 N–H and O–H groups in total. The molecular formula is C27H32Cl2N4O3. The molecule has 2 aromatic carbocycles. The van der Waals surface area contributed by atoms with Crippen LogP contribution in [-0.4, -0.2) is 64.8 Å². The van der Waals surface area contributed by atoms with Gasteiger partial charge in [0.2, 0.25) is 0 Å². The first kappa shape index (κ1) is 25.5. The number of hydrogen-bond acceptors (Lipinski definition) is 6. The van der Waals surface area contributed by atoms with E-state index in [1.807, 2.05) is 12.1 Å². The first-order chi connectivity index (χ1) is 17.5. The van der Waals surface area contributed by atoms with E-state index in [1.165, 1.54) is 17.5 Å². The van der Waals surface area contributed by atoms with Crippen molar-refractivity contribution in [1.82, 2.24) is 19.7 Å². The summed E-state index contributed by atoms with van der Waals surface area (Å²) in [6.45, 7) is 9.60. The molecule has 3 heterocycles. The quantitative estimate of drug-likeness (QED) is 0.405. The van der Waals surface area contributed by atoms with E-state index in [-0.39, 0.29) is 18.1 Å². The van der Waals surface area contributed by atoms with Gasteiger partial charge < -0.3 is 14.2 Å². The third-order valence-corrected chi connectivity index (χ3v) is 7.68. The third-order valence-electron chi connectivity index (χ3n) is 7.12. The van der Waals surface area contributed by atoms with Crippen molar-refractivity contribution in [2.24, 2.45) is 0 Å².